The van der Waals surface area contributed by atoms with E-state index < -0.39 is 0 Å². The first-order chi connectivity index (χ1) is 12.2. The molecule has 25 heavy (non-hydrogen) atoms. The maximum absolute atomic E-state index is 12.3. The summed E-state index contributed by atoms with van der Waals surface area (Å²) in [6.45, 7) is 1.89. The molecule has 0 spiro atoms. The standard InChI is InChI=1S/C17H14N6O2/c1-11-18-6-7-23(11)16-5-4-12(10-19-16)20-17(24)14-9-13(21-22-14)15-3-2-8-25-15/h2-10H,1H3,(H,20,24)(H,21,22). The lowest BCUT2D eigenvalue weighted by Gasteiger charge is -2.06. The Morgan fingerprint density at radius 3 is 2.88 bits per heavy atom. The number of nitrogens with one attached hydrogen (secondary N) is 2. The van der Waals surface area contributed by atoms with Crippen molar-refractivity contribution < 1.29 is 9.21 Å². The van der Waals surface area contributed by atoms with Gasteiger partial charge in [-0.15, -0.1) is 0 Å². The molecule has 4 aromatic rings. The fraction of sp³-hybridized carbons (Fsp3) is 0.0588. The van der Waals surface area contributed by atoms with Gasteiger partial charge in [0.2, 0.25) is 0 Å². The zero-order valence-electron chi connectivity index (χ0n) is 13.3. The first kappa shape index (κ1) is 14.9. The molecule has 0 aliphatic heterocycles. The Morgan fingerprint density at radius 1 is 1.28 bits per heavy atom. The fourth-order valence-corrected chi connectivity index (χ4v) is 2.41. The molecule has 4 aromatic heterocycles. The predicted molar refractivity (Wildman–Crippen MR) is 90.3 cm³/mol. The summed E-state index contributed by atoms with van der Waals surface area (Å²) in [5, 5.41) is 9.55. The van der Waals surface area contributed by atoms with Crippen molar-refractivity contribution in [3.63, 3.8) is 0 Å². The van der Waals surface area contributed by atoms with Crippen molar-refractivity contribution in [1.82, 2.24) is 24.7 Å². The van der Waals surface area contributed by atoms with E-state index in [1.807, 2.05) is 23.8 Å². The smallest absolute Gasteiger partial charge is 0.276 e. The van der Waals surface area contributed by atoms with E-state index >= 15 is 0 Å². The molecule has 4 rings (SSSR count). The monoisotopic (exact) mass is 334 g/mol. The van der Waals surface area contributed by atoms with Crippen molar-refractivity contribution in [3.05, 3.63) is 66.7 Å². The molecule has 124 valence electrons. The molecule has 0 aromatic carbocycles. The minimum Gasteiger partial charge on any atom is -0.463 e. The molecule has 2 N–H and O–H groups in total. The van der Waals surface area contributed by atoms with Gasteiger partial charge in [0.25, 0.3) is 5.91 Å². The lowest BCUT2D eigenvalue weighted by atomic mass is 10.3. The predicted octanol–water partition coefficient (Wildman–Crippen LogP) is 2.81. The maximum Gasteiger partial charge on any atom is 0.276 e. The van der Waals surface area contributed by atoms with Crippen LogP contribution in [0.5, 0.6) is 0 Å². The number of imidazole rings is 1. The molecule has 0 unspecified atom stereocenters. The van der Waals surface area contributed by atoms with Gasteiger partial charge in [-0.1, -0.05) is 0 Å². The molecule has 0 saturated carbocycles. The molecule has 0 aliphatic carbocycles. The summed E-state index contributed by atoms with van der Waals surface area (Å²) < 4.78 is 7.12. The molecular weight excluding hydrogens is 320 g/mol. The van der Waals surface area contributed by atoms with Crippen LogP contribution in [-0.2, 0) is 0 Å². The number of hydrogen-bond acceptors (Lipinski definition) is 5. The summed E-state index contributed by atoms with van der Waals surface area (Å²) in [5.74, 6) is 1.86. The number of aromatic nitrogens is 5. The molecular formula is C17H14N6O2. The Bertz CT molecular complexity index is 998. The number of amides is 1. The molecule has 4 heterocycles. The fourth-order valence-electron chi connectivity index (χ4n) is 2.41. The van der Waals surface area contributed by atoms with Crippen molar-refractivity contribution in [2.75, 3.05) is 5.32 Å². The second-order valence-corrected chi connectivity index (χ2v) is 5.35. The number of aromatic amines is 1. The Kier molecular flexibility index (Phi) is 3.62. The van der Waals surface area contributed by atoms with E-state index in [-0.39, 0.29) is 11.6 Å². The molecule has 0 atom stereocenters. The summed E-state index contributed by atoms with van der Waals surface area (Å²) in [4.78, 5) is 20.8. The molecule has 0 radical (unpaired) electrons. The number of pyridine rings is 1. The second kappa shape index (κ2) is 6.08. The highest BCUT2D eigenvalue weighted by Crippen LogP contribution is 2.18. The highest BCUT2D eigenvalue weighted by atomic mass is 16.3. The van der Waals surface area contributed by atoms with E-state index in [4.69, 9.17) is 4.42 Å². The molecule has 1 amide bonds. The largest absolute Gasteiger partial charge is 0.463 e. The van der Waals surface area contributed by atoms with Crippen molar-refractivity contribution in [3.8, 4) is 17.3 Å². The molecule has 0 bridgehead atoms. The number of H-pyrrole nitrogens is 1. The highest BCUT2D eigenvalue weighted by molar-refractivity contribution is 6.03. The van der Waals surface area contributed by atoms with Gasteiger partial charge in [0.05, 0.1) is 18.1 Å². The van der Waals surface area contributed by atoms with Gasteiger partial charge in [0.1, 0.15) is 17.3 Å². The minimum atomic E-state index is -0.331. The summed E-state index contributed by atoms with van der Waals surface area (Å²) in [6, 6.07) is 8.77. The number of rotatable bonds is 4. The third-order valence-electron chi connectivity index (χ3n) is 3.68. The van der Waals surface area contributed by atoms with Crippen LogP contribution in [0.15, 0.2) is 59.6 Å². The molecule has 8 heteroatoms. The second-order valence-electron chi connectivity index (χ2n) is 5.35. The molecule has 0 saturated heterocycles. The van der Waals surface area contributed by atoms with Crippen LogP contribution in [0, 0.1) is 6.92 Å². The van der Waals surface area contributed by atoms with Gasteiger partial charge in [-0.25, -0.2) is 9.97 Å². The van der Waals surface area contributed by atoms with Gasteiger partial charge in [0.15, 0.2) is 11.5 Å². The van der Waals surface area contributed by atoms with E-state index in [1.54, 1.807) is 42.9 Å². The Labute approximate surface area is 142 Å². The first-order valence-electron chi connectivity index (χ1n) is 7.58. The van der Waals surface area contributed by atoms with Crippen molar-refractivity contribution in [1.29, 1.82) is 0 Å². The lowest BCUT2D eigenvalue weighted by molar-refractivity contribution is 0.102. The van der Waals surface area contributed by atoms with Gasteiger partial charge in [-0.05, 0) is 31.2 Å². The third kappa shape index (κ3) is 2.92. The Morgan fingerprint density at radius 2 is 2.20 bits per heavy atom. The zero-order chi connectivity index (χ0) is 17.2. The van der Waals surface area contributed by atoms with Crippen molar-refractivity contribution in [2.24, 2.45) is 0 Å². The van der Waals surface area contributed by atoms with Crippen LogP contribution in [0.2, 0.25) is 0 Å². The molecule has 8 nitrogen and oxygen atoms in total. The zero-order valence-corrected chi connectivity index (χ0v) is 13.3. The van der Waals surface area contributed by atoms with Gasteiger partial charge in [-0.3, -0.25) is 14.5 Å². The number of carbonyl (C=O) groups is 1. The number of hydrogen-bond donors (Lipinski definition) is 2. The number of furan rings is 1. The summed E-state index contributed by atoms with van der Waals surface area (Å²) in [7, 11) is 0. The molecule has 0 aliphatic rings. The van der Waals surface area contributed by atoms with Gasteiger partial charge >= 0.3 is 0 Å². The van der Waals surface area contributed by atoms with E-state index in [9.17, 15) is 4.79 Å². The Hall–Kier alpha value is -3.68. The first-order valence-corrected chi connectivity index (χ1v) is 7.58. The lowest BCUT2D eigenvalue weighted by Crippen LogP contribution is -2.12. The van der Waals surface area contributed by atoms with Crippen LogP contribution in [0.3, 0.4) is 0 Å². The van der Waals surface area contributed by atoms with Crippen LogP contribution in [-0.4, -0.2) is 30.6 Å². The van der Waals surface area contributed by atoms with Crippen LogP contribution < -0.4 is 5.32 Å². The Balaban J connectivity index is 1.49. The van der Waals surface area contributed by atoms with Gasteiger partial charge < -0.3 is 9.73 Å². The van der Waals surface area contributed by atoms with Crippen molar-refractivity contribution in [2.45, 2.75) is 6.92 Å². The normalized spacial score (nSPS) is 10.8. The number of anilines is 1. The summed E-state index contributed by atoms with van der Waals surface area (Å²) in [6.07, 6.45) is 6.69. The topological polar surface area (TPSA) is 102 Å². The van der Waals surface area contributed by atoms with E-state index in [0.717, 1.165) is 11.6 Å². The average molecular weight is 334 g/mol. The van der Waals surface area contributed by atoms with Crippen molar-refractivity contribution >= 4 is 11.6 Å². The average Bonchev–Trinajstić information content (AvgIpc) is 3.36. The number of nitrogens with zero attached hydrogens (tertiary/aromatic N) is 4. The number of aryl methyl sites for hydroxylation is 1. The van der Waals surface area contributed by atoms with Crippen LogP contribution >= 0.6 is 0 Å². The minimum absolute atomic E-state index is 0.265. The van der Waals surface area contributed by atoms with E-state index in [2.05, 4.69) is 25.5 Å². The van der Waals surface area contributed by atoms with E-state index in [1.165, 1.54) is 0 Å². The quantitative estimate of drug-likeness (QED) is 0.597. The maximum atomic E-state index is 12.3. The van der Waals surface area contributed by atoms with Crippen LogP contribution in [0.1, 0.15) is 16.3 Å². The highest BCUT2D eigenvalue weighted by Gasteiger charge is 2.13. The van der Waals surface area contributed by atoms with Gasteiger partial charge in [0, 0.05) is 18.5 Å². The van der Waals surface area contributed by atoms with E-state index in [0.29, 0.717) is 17.1 Å². The van der Waals surface area contributed by atoms with Crippen LogP contribution in [0.25, 0.3) is 17.3 Å². The van der Waals surface area contributed by atoms with Crippen LogP contribution in [0.4, 0.5) is 5.69 Å². The SMILES string of the molecule is Cc1nccn1-c1ccc(NC(=O)c2cc(-c3ccco3)[nH]n2)cn1. The van der Waals surface area contributed by atoms with Gasteiger partial charge in [-0.2, -0.15) is 5.10 Å². The summed E-state index contributed by atoms with van der Waals surface area (Å²) >= 11 is 0. The third-order valence-corrected chi connectivity index (χ3v) is 3.68. The number of carbonyl (C=O) groups excluding carboxylic acids is 1. The summed E-state index contributed by atoms with van der Waals surface area (Å²) in [5.41, 5.74) is 1.48. The molecule has 0 fully saturated rings.